The van der Waals surface area contributed by atoms with Crippen molar-refractivity contribution in [3.8, 4) is 28.7 Å². The van der Waals surface area contributed by atoms with Crippen molar-refractivity contribution in [2.45, 2.75) is 13.5 Å². The van der Waals surface area contributed by atoms with E-state index in [-0.39, 0.29) is 18.2 Å². The summed E-state index contributed by atoms with van der Waals surface area (Å²) in [6.45, 7) is 2.11. The van der Waals surface area contributed by atoms with Crippen LogP contribution in [-0.4, -0.2) is 34.9 Å². The molecule has 0 aliphatic carbocycles. The van der Waals surface area contributed by atoms with Crippen LogP contribution in [0.25, 0.3) is 33.5 Å². The van der Waals surface area contributed by atoms with E-state index in [1.165, 1.54) is 6.07 Å². The van der Waals surface area contributed by atoms with E-state index in [9.17, 15) is 15.4 Å². The van der Waals surface area contributed by atoms with Gasteiger partial charge in [-0.3, -0.25) is 10.1 Å². The molecule has 0 bridgehead atoms. The zero-order valence-corrected chi connectivity index (χ0v) is 18.5. The van der Waals surface area contributed by atoms with Crippen molar-refractivity contribution in [2.75, 3.05) is 5.73 Å². The van der Waals surface area contributed by atoms with E-state index in [0.29, 0.717) is 39.2 Å². The summed E-state index contributed by atoms with van der Waals surface area (Å²) in [6, 6.07) is 17.7. The second kappa shape index (κ2) is 8.60. The Bertz CT molecular complexity index is 1650. The first-order chi connectivity index (χ1) is 16.9. The van der Waals surface area contributed by atoms with Gasteiger partial charge in [0.25, 0.3) is 5.69 Å². The maximum absolute atomic E-state index is 11.4. The van der Waals surface area contributed by atoms with Crippen molar-refractivity contribution in [3.05, 3.63) is 87.7 Å². The fourth-order valence-electron chi connectivity index (χ4n) is 3.84. The summed E-state index contributed by atoms with van der Waals surface area (Å²) in [5.41, 5.74) is 10.5. The number of para-hydroxylation sites is 1. The Morgan fingerprint density at radius 2 is 1.86 bits per heavy atom. The van der Waals surface area contributed by atoms with Crippen molar-refractivity contribution in [3.63, 3.8) is 0 Å². The minimum Gasteiger partial charge on any atom is -0.368 e. The van der Waals surface area contributed by atoms with Gasteiger partial charge in [-0.05, 0) is 30.7 Å². The van der Waals surface area contributed by atoms with Gasteiger partial charge < -0.3 is 5.73 Å². The number of hydrogen-bond donors (Lipinski definition) is 1. The van der Waals surface area contributed by atoms with Crippen LogP contribution in [0, 0.1) is 28.4 Å². The number of nitro benzene ring substituents is 1. The molecule has 2 N–H and O–H groups in total. The van der Waals surface area contributed by atoms with Crippen LogP contribution in [0.15, 0.2) is 60.8 Å². The molecule has 0 unspecified atom stereocenters. The number of fused-ring (bicyclic) bond motifs is 1. The van der Waals surface area contributed by atoms with Crippen LogP contribution >= 0.6 is 0 Å². The molecule has 0 saturated carbocycles. The van der Waals surface area contributed by atoms with E-state index in [1.807, 2.05) is 13.0 Å². The molecule has 3 heterocycles. The Morgan fingerprint density at radius 3 is 2.66 bits per heavy atom. The van der Waals surface area contributed by atoms with Gasteiger partial charge in [0.1, 0.15) is 11.2 Å². The van der Waals surface area contributed by atoms with Crippen molar-refractivity contribution in [2.24, 2.45) is 0 Å². The number of rotatable bonds is 5. The Balaban J connectivity index is 1.47. The molecule has 0 aliphatic heterocycles. The lowest BCUT2D eigenvalue weighted by Crippen LogP contribution is -2.03. The number of nitrogens with two attached hydrogens (primary N) is 1. The zero-order valence-electron chi connectivity index (χ0n) is 18.5. The van der Waals surface area contributed by atoms with E-state index in [4.69, 9.17) is 5.73 Å². The number of nitrogen functional groups attached to an aromatic ring is 1. The molecule has 0 saturated heterocycles. The van der Waals surface area contributed by atoms with E-state index in [1.54, 1.807) is 53.3 Å². The molecule has 0 radical (unpaired) electrons. The quantitative estimate of drug-likeness (QED) is 0.302. The first-order valence-electron chi connectivity index (χ1n) is 10.5. The first kappa shape index (κ1) is 21.6. The Kier molecular flexibility index (Phi) is 5.31. The summed E-state index contributed by atoms with van der Waals surface area (Å²) < 4.78 is 1.57. The van der Waals surface area contributed by atoms with Gasteiger partial charge in [-0.25, -0.2) is 19.6 Å². The van der Waals surface area contributed by atoms with Crippen LogP contribution in [0.5, 0.6) is 0 Å². The average Bonchev–Trinajstić information content (AvgIpc) is 3.32. The lowest BCUT2D eigenvalue weighted by Gasteiger charge is -2.08. The molecule has 5 rings (SSSR count). The van der Waals surface area contributed by atoms with Crippen molar-refractivity contribution in [1.82, 2.24) is 29.9 Å². The van der Waals surface area contributed by atoms with Crippen LogP contribution in [0.4, 0.5) is 11.6 Å². The number of nitriles is 1. The highest BCUT2D eigenvalue weighted by atomic mass is 16.6. The predicted molar refractivity (Wildman–Crippen MR) is 128 cm³/mol. The SMILES string of the molecule is Cc1c(C#N)cccc1-c1cc(-c2cn(Cc3ccc4cccc([N+](=O)[O-])c4n3)nn2)nc(N)n1. The smallest absolute Gasteiger partial charge is 0.295 e. The molecule has 0 amide bonds. The summed E-state index contributed by atoms with van der Waals surface area (Å²) >= 11 is 0. The number of benzene rings is 2. The third-order valence-corrected chi connectivity index (χ3v) is 5.55. The number of non-ortho nitro benzene ring substituents is 1. The predicted octanol–water partition coefficient (Wildman–Crippen LogP) is 3.67. The van der Waals surface area contributed by atoms with E-state index < -0.39 is 4.92 Å². The molecule has 5 aromatic rings. The molecule has 11 nitrogen and oxygen atoms in total. The molecule has 11 heteroatoms. The molecule has 0 spiro atoms. The highest BCUT2D eigenvalue weighted by molar-refractivity contribution is 5.87. The van der Waals surface area contributed by atoms with Gasteiger partial charge in [-0.15, -0.1) is 5.10 Å². The van der Waals surface area contributed by atoms with Crippen molar-refractivity contribution >= 4 is 22.5 Å². The number of nitrogens with zero attached hydrogens (tertiary/aromatic N) is 8. The van der Waals surface area contributed by atoms with Crippen LogP contribution in [-0.2, 0) is 6.54 Å². The Labute approximate surface area is 198 Å². The summed E-state index contributed by atoms with van der Waals surface area (Å²) in [6.07, 6.45) is 1.69. The zero-order chi connectivity index (χ0) is 24.5. The normalized spacial score (nSPS) is 10.9. The highest BCUT2D eigenvalue weighted by Gasteiger charge is 2.15. The number of aromatic nitrogens is 6. The standard InChI is InChI=1S/C24H17N9O2/c1-14-16(11-25)5-2-6-18(14)19-10-20(29-24(26)28-19)21-13-32(31-30-21)12-17-9-8-15-4-3-7-22(33(34)35)23(15)27-17/h2-10,13H,12H2,1H3,(H2,26,28,29). The topological polar surface area (TPSA) is 162 Å². The van der Waals surface area contributed by atoms with Crippen LogP contribution in [0.1, 0.15) is 16.8 Å². The maximum atomic E-state index is 11.4. The Hall–Kier alpha value is -5.24. The van der Waals surface area contributed by atoms with Gasteiger partial charge >= 0.3 is 0 Å². The van der Waals surface area contributed by atoms with Crippen LogP contribution in [0.3, 0.4) is 0 Å². The van der Waals surface area contributed by atoms with Gasteiger partial charge in [0, 0.05) is 17.0 Å². The fraction of sp³-hybridized carbons (Fsp3) is 0.0833. The molecule has 2 aromatic carbocycles. The van der Waals surface area contributed by atoms with E-state index in [2.05, 4.69) is 31.3 Å². The second-order valence-corrected chi connectivity index (χ2v) is 7.80. The van der Waals surface area contributed by atoms with Gasteiger partial charge in [0.05, 0.1) is 46.4 Å². The molecule has 0 fully saturated rings. The minimum absolute atomic E-state index is 0.0524. The lowest BCUT2D eigenvalue weighted by atomic mass is 10.00. The molecule has 0 atom stereocenters. The second-order valence-electron chi connectivity index (χ2n) is 7.80. The molecule has 3 aromatic heterocycles. The van der Waals surface area contributed by atoms with Gasteiger partial charge in [-0.2, -0.15) is 5.26 Å². The molecular weight excluding hydrogens is 446 g/mol. The van der Waals surface area contributed by atoms with Crippen LogP contribution < -0.4 is 5.73 Å². The number of pyridine rings is 1. The van der Waals surface area contributed by atoms with Gasteiger partial charge in [-0.1, -0.05) is 35.5 Å². The Morgan fingerprint density at radius 1 is 1.06 bits per heavy atom. The lowest BCUT2D eigenvalue weighted by molar-refractivity contribution is -0.383. The number of nitro groups is 1. The largest absolute Gasteiger partial charge is 0.368 e. The number of hydrogen-bond acceptors (Lipinski definition) is 9. The van der Waals surface area contributed by atoms with Crippen molar-refractivity contribution in [1.29, 1.82) is 5.26 Å². The summed E-state index contributed by atoms with van der Waals surface area (Å²) in [5.74, 6) is 0.0670. The average molecular weight is 463 g/mol. The third-order valence-electron chi connectivity index (χ3n) is 5.55. The number of anilines is 1. The van der Waals surface area contributed by atoms with Gasteiger partial charge in [0.2, 0.25) is 5.95 Å². The highest BCUT2D eigenvalue weighted by Crippen LogP contribution is 2.28. The summed E-state index contributed by atoms with van der Waals surface area (Å²) in [7, 11) is 0. The molecular formula is C24H17N9O2. The summed E-state index contributed by atoms with van der Waals surface area (Å²) in [4.78, 5) is 24.0. The maximum Gasteiger partial charge on any atom is 0.295 e. The molecule has 170 valence electrons. The summed E-state index contributed by atoms with van der Waals surface area (Å²) in [5, 5.41) is 29.7. The van der Waals surface area contributed by atoms with E-state index >= 15 is 0 Å². The van der Waals surface area contributed by atoms with E-state index in [0.717, 1.165) is 11.1 Å². The fourth-order valence-corrected chi connectivity index (χ4v) is 3.84. The van der Waals surface area contributed by atoms with Crippen molar-refractivity contribution < 1.29 is 4.92 Å². The van der Waals surface area contributed by atoms with Gasteiger partial charge in [0.15, 0.2) is 0 Å². The molecule has 0 aliphatic rings. The molecule has 35 heavy (non-hydrogen) atoms. The monoisotopic (exact) mass is 463 g/mol. The van der Waals surface area contributed by atoms with Crippen LogP contribution in [0.2, 0.25) is 0 Å². The third kappa shape index (κ3) is 4.11. The minimum atomic E-state index is -0.447. The first-order valence-corrected chi connectivity index (χ1v) is 10.5.